The van der Waals surface area contributed by atoms with E-state index >= 15 is 0 Å². The smallest absolute Gasteiger partial charge is 0.263 e. The number of hydrogen-bond acceptors (Lipinski definition) is 3. The largest absolute Gasteiger partial charge is 0.336 e. The third-order valence-corrected chi connectivity index (χ3v) is 4.33. The fourth-order valence-corrected chi connectivity index (χ4v) is 3.14. The quantitative estimate of drug-likeness (QED) is 0.719. The zero-order valence-electron chi connectivity index (χ0n) is 7.64. The molecule has 1 aliphatic rings. The second-order valence-electron chi connectivity index (χ2n) is 3.12. The molecule has 0 aliphatic carbocycles. The van der Waals surface area contributed by atoms with Gasteiger partial charge in [0, 0.05) is 35.4 Å². The predicted octanol–water partition coefficient (Wildman–Crippen LogP) is 0.953. The summed E-state index contributed by atoms with van der Waals surface area (Å²) >= 11 is 1.46. The van der Waals surface area contributed by atoms with E-state index in [-0.39, 0.29) is 5.91 Å². The molecule has 0 unspecified atom stereocenters. The monoisotopic (exact) mass is 229 g/mol. The maximum absolute atomic E-state index is 11.8. The first kappa shape index (κ1) is 9.86. The first-order valence-electron chi connectivity index (χ1n) is 4.45. The Hall–Kier alpha value is -0.680. The van der Waals surface area contributed by atoms with Crippen molar-refractivity contribution in [1.29, 1.82) is 0 Å². The molecule has 0 aromatic carbocycles. The summed E-state index contributed by atoms with van der Waals surface area (Å²) in [7, 11) is -0.715. The lowest BCUT2D eigenvalue weighted by atomic mass is 10.4. The first-order chi connectivity index (χ1) is 6.77. The van der Waals surface area contributed by atoms with Crippen molar-refractivity contribution in [3.05, 3.63) is 22.4 Å². The Bertz CT molecular complexity index is 338. The Morgan fingerprint density at radius 2 is 2.14 bits per heavy atom. The zero-order valence-corrected chi connectivity index (χ0v) is 9.27. The molecule has 0 atom stereocenters. The van der Waals surface area contributed by atoms with Crippen LogP contribution in [0.25, 0.3) is 0 Å². The van der Waals surface area contributed by atoms with Crippen LogP contribution >= 0.6 is 11.3 Å². The van der Waals surface area contributed by atoms with Crippen molar-refractivity contribution < 1.29 is 9.00 Å². The van der Waals surface area contributed by atoms with Crippen molar-refractivity contribution in [1.82, 2.24) is 4.90 Å². The molecule has 0 saturated carbocycles. The van der Waals surface area contributed by atoms with E-state index in [0.29, 0.717) is 24.6 Å². The second kappa shape index (κ2) is 4.23. The van der Waals surface area contributed by atoms with Gasteiger partial charge in [0.25, 0.3) is 5.91 Å². The normalized spacial score (nSPS) is 18.4. The van der Waals surface area contributed by atoms with E-state index in [1.54, 1.807) is 4.90 Å². The lowest BCUT2D eigenvalue weighted by Gasteiger charge is -2.25. The van der Waals surface area contributed by atoms with Gasteiger partial charge in [0.2, 0.25) is 0 Å². The molecule has 0 bridgehead atoms. The fourth-order valence-electron chi connectivity index (χ4n) is 1.40. The Kier molecular flexibility index (Phi) is 2.98. The van der Waals surface area contributed by atoms with Crippen molar-refractivity contribution in [3.63, 3.8) is 0 Å². The van der Waals surface area contributed by atoms with E-state index in [1.165, 1.54) is 11.3 Å². The SMILES string of the molecule is O=C(c1cccs1)N1CCS(=O)CC1. The van der Waals surface area contributed by atoms with Crippen LogP contribution in [0.1, 0.15) is 9.67 Å². The van der Waals surface area contributed by atoms with E-state index in [4.69, 9.17) is 0 Å². The van der Waals surface area contributed by atoms with E-state index in [2.05, 4.69) is 0 Å². The van der Waals surface area contributed by atoms with Crippen LogP contribution in [0.3, 0.4) is 0 Å². The van der Waals surface area contributed by atoms with Gasteiger partial charge in [-0.25, -0.2) is 0 Å². The molecule has 1 fully saturated rings. The molecule has 1 aromatic heterocycles. The zero-order chi connectivity index (χ0) is 9.97. The van der Waals surface area contributed by atoms with Gasteiger partial charge in [-0.05, 0) is 11.4 Å². The molecule has 1 aliphatic heterocycles. The average Bonchev–Trinajstić information content (AvgIpc) is 2.71. The second-order valence-corrected chi connectivity index (χ2v) is 5.76. The predicted molar refractivity (Wildman–Crippen MR) is 58.1 cm³/mol. The number of nitrogens with zero attached hydrogens (tertiary/aromatic N) is 1. The van der Waals surface area contributed by atoms with Crippen LogP contribution in [0.5, 0.6) is 0 Å². The van der Waals surface area contributed by atoms with E-state index < -0.39 is 10.8 Å². The molecule has 5 heteroatoms. The average molecular weight is 229 g/mol. The number of hydrogen-bond donors (Lipinski definition) is 0. The summed E-state index contributed by atoms with van der Waals surface area (Å²) in [6, 6.07) is 3.71. The highest BCUT2D eigenvalue weighted by atomic mass is 32.2. The molecular weight excluding hydrogens is 218 g/mol. The summed E-state index contributed by atoms with van der Waals surface area (Å²) in [6.45, 7) is 1.26. The van der Waals surface area contributed by atoms with Gasteiger partial charge in [0.1, 0.15) is 0 Å². The third-order valence-electron chi connectivity index (χ3n) is 2.20. The van der Waals surface area contributed by atoms with Gasteiger partial charge >= 0.3 is 0 Å². The number of rotatable bonds is 1. The number of amides is 1. The molecule has 0 N–H and O–H groups in total. The van der Waals surface area contributed by atoms with Crippen LogP contribution in [0.2, 0.25) is 0 Å². The van der Waals surface area contributed by atoms with Crippen molar-refractivity contribution in [2.45, 2.75) is 0 Å². The van der Waals surface area contributed by atoms with Crippen LogP contribution < -0.4 is 0 Å². The molecule has 1 amide bonds. The molecule has 0 spiro atoms. The van der Waals surface area contributed by atoms with Gasteiger partial charge in [0.05, 0.1) is 4.88 Å². The molecule has 1 aromatic rings. The van der Waals surface area contributed by atoms with Gasteiger partial charge in [-0.3, -0.25) is 9.00 Å². The minimum Gasteiger partial charge on any atom is -0.336 e. The molecular formula is C9H11NO2S2. The molecule has 2 heterocycles. The van der Waals surface area contributed by atoms with Crippen molar-refractivity contribution in [2.24, 2.45) is 0 Å². The number of thiophene rings is 1. The molecule has 76 valence electrons. The van der Waals surface area contributed by atoms with Crippen molar-refractivity contribution in [3.8, 4) is 0 Å². The van der Waals surface area contributed by atoms with Crippen molar-refractivity contribution >= 4 is 28.0 Å². The standard InChI is InChI=1S/C9H11NO2S2/c11-9(8-2-1-5-13-8)10-3-6-14(12)7-4-10/h1-2,5H,3-4,6-7H2. The number of carbonyl (C=O) groups is 1. The topological polar surface area (TPSA) is 37.4 Å². The molecule has 0 radical (unpaired) electrons. The third kappa shape index (κ3) is 2.04. The maximum atomic E-state index is 11.8. The summed E-state index contributed by atoms with van der Waals surface area (Å²) in [5.74, 6) is 1.32. The summed E-state index contributed by atoms with van der Waals surface area (Å²) in [4.78, 5) is 14.4. The lowest BCUT2D eigenvalue weighted by molar-refractivity contribution is 0.0776. The maximum Gasteiger partial charge on any atom is 0.263 e. The molecule has 14 heavy (non-hydrogen) atoms. The highest BCUT2D eigenvalue weighted by Gasteiger charge is 2.21. The Morgan fingerprint density at radius 1 is 1.43 bits per heavy atom. The van der Waals surface area contributed by atoms with Gasteiger partial charge in [-0.2, -0.15) is 0 Å². The Labute approximate surface area is 89.2 Å². The summed E-state index contributed by atoms with van der Waals surface area (Å²) in [5.41, 5.74) is 0. The molecule has 2 rings (SSSR count). The first-order valence-corrected chi connectivity index (χ1v) is 6.82. The van der Waals surface area contributed by atoms with E-state index in [9.17, 15) is 9.00 Å². The minimum atomic E-state index is -0.715. The summed E-state index contributed by atoms with van der Waals surface area (Å²) < 4.78 is 11.1. The fraction of sp³-hybridized carbons (Fsp3) is 0.444. The Morgan fingerprint density at radius 3 is 2.71 bits per heavy atom. The van der Waals surface area contributed by atoms with Crippen LogP contribution in [0.15, 0.2) is 17.5 Å². The minimum absolute atomic E-state index is 0.0803. The Balaban J connectivity index is 2.03. The van der Waals surface area contributed by atoms with Gasteiger partial charge in [0.15, 0.2) is 0 Å². The van der Waals surface area contributed by atoms with Crippen molar-refractivity contribution in [2.75, 3.05) is 24.6 Å². The van der Waals surface area contributed by atoms with Crippen LogP contribution in [-0.4, -0.2) is 39.6 Å². The molecule has 3 nitrogen and oxygen atoms in total. The van der Waals surface area contributed by atoms with E-state index in [0.717, 1.165) is 4.88 Å². The van der Waals surface area contributed by atoms with Crippen LogP contribution in [0, 0.1) is 0 Å². The van der Waals surface area contributed by atoms with Crippen LogP contribution in [-0.2, 0) is 10.8 Å². The molecule has 1 saturated heterocycles. The number of carbonyl (C=O) groups excluding carboxylic acids is 1. The summed E-state index contributed by atoms with van der Waals surface area (Å²) in [6.07, 6.45) is 0. The summed E-state index contributed by atoms with van der Waals surface area (Å²) in [5, 5.41) is 1.90. The van der Waals surface area contributed by atoms with E-state index in [1.807, 2.05) is 17.5 Å². The highest BCUT2D eigenvalue weighted by Crippen LogP contribution is 2.13. The lowest BCUT2D eigenvalue weighted by Crippen LogP contribution is -2.41. The van der Waals surface area contributed by atoms with Crippen LogP contribution in [0.4, 0.5) is 0 Å². The van der Waals surface area contributed by atoms with Gasteiger partial charge in [-0.1, -0.05) is 6.07 Å². The highest BCUT2D eigenvalue weighted by molar-refractivity contribution is 7.85. The van der Waals surface area contributed by atoms with Gasteiger partial charge < -0.3 is 4.90 Å². The van der Waals surface area contributed by atoms with Gasteiger partial charge in [-0.15, -0.1) is 11.3 Å².